The van der Waals surface area contributed by atoms with Gasteiger partial charge in [-0.15, -0.1) is 0 Å². The van der Waals surface area contributed by atoms with Gasteiger partial charge in [0, 0.05) is 5.41 Å². The van der Waals surface area contributed by atoms with Crippen molar-refractivity contribution in [2.24, 2.45) is 5.41 Å². The van der Waals surface area contributed by atoms with Gasteiger partial charge in [-0.3, -0.25) is 4.79 Å². The van der Waals surface area contributed by atoms with Crippen molar-refractivity contribution in [3.63, 3.8) is 0 Å². The van der Waals surface area contributed by atoms with Crippen molar-refractivity contribution in [1.82, 2.24) is 4.98 Å². The van der Waals surface area contributed by atoms with E-state index in [1.165, 1.54) is 0 Å². The number of aromatic carboxylic acids is 1. The van der Waals surface area contributed by atoms with Crippen LogP contribution in [0, 0.1) is 14.8 Å². The lowest BCUT2D eigenvalue weighted by Gasteiger charge is -2.18. The number of anilines is 1. The minimum Gasteiger partial charge on any atom is -0.478 e. The molecule has 0 atom stereocenters. The highest BCUT2D eigenvalue weighted by Crippen LogP contribution is 2.24. The molecule has 0 bridgehead atoms. The van der Waals surface area contributed by atoms with Gasteiger partial charge in [-0.1, -0.05) is 20.8 Å². The van der Waals surface area contributed by atoms with Crippen molar-refractivity contribution < 1.29 is 19.1 Å². The van der Waals surface area contributed by atoms with Gasteiger partial charge in [0.05, 0.1) is 9.77 Å². The number of carbonyl (C=O) groups excluding carboxylic acids is 1. The van der Waals surface area contributed by atoms with E-state index in [0.29, 0.717) is 0 Å². The Hall–Kier alpha value is -1.25. The third-order valence-corrected chi connectivity index (χ3v) is 3.15. The van der Waals surface area contributed by atoms with E-state index < -0.39 is 22.8 Å². The standard InChI is InChI=1S/C11H12FIN2O3/c1-11(2,3)10(18)15-8-7(13)6(9(16)17)5(12)4-14-8/h4H,1-3H3,(H,16,17)(H,14,15,18). The minimum absolute atomic E-state index is 0.0503. The van der Waals surface area contributed by atoms with Crippen LogP contribution in [0.5, 0.6) is 0 Å². The first-order chi connectivity index (χ1) is 8.14. The van der Waals surface area contributed by atoms with Crippen LogP contribution in [0.3, 0.4) is 0 Å². The van der Waals surface area contributed by atoms with E-state index in [4.69, 9.17) is 5.11 Å². The Morgan fingerprint density at radius 3 is 2.44 bits per heavy atom. The molecular formula is C11H12FIN2O3. The maximum absolute atomic E-state index is 13.3. The zero-order chi connectivity index (χ0) is 14.1. The van der Waals surface area contributed by atoms with E-state index >= 15 is 0 Å². The largest absolute Gasteiger partial charge is 0.478 e. The van der Waals surface area contributed by atoms with Crippen LogP contribution in [0.1, 0.15) is 31.1 Å². The van der Waals surface area contributed by atoms with Crippen molar-refractivity contribution >= 4 is 40.3 Å². The molecule has 1 aromatic rings. The van der Waals surface area contributed by atoms with Gasteiger partial charge in [0.15, 0.2) is 5.82 Å². The van der Waals surface area contributed by atoms with Crippen LogP contribution < -0.4 is 5.32 Å². The Kier molecular flexibility index (Phi) is 4.25. The second kappa shape index (κ2) is 5.17. The van der Waals surface area contributed by atoms with Crippen LogP contribution >= 0.6 is 22.6 Å². The summed E-state index contributed by atoms with van der Waals surface area (Å²) < 4.78 is 13.4. The van der Waals surface area contributed by atoms with Crippen molar-refractivity contribution in [2.75, 3.05) is 5.32 Å². The molecule has 0 unspecified atom stereocenters. The molecular weight excluding hydrogens is 354 g/mol. The monoisotopic (exact) mass is 366 g/mol. The molecule has 0 aliphatic carbocycles. The Balaban J connectivity index is 3.17. The molecule has 0 aliphatic rings. The van der Waals surface area contributed by atoms with Crippen LogP contribution in [-0.4, -0.2) is 22.0 Å². The number of nitrogens with one attached hydrogen (secondary N) is 1. The van der Waals surface area contributed by atoms with Gasteiger partial charge >= 0.3 is 5.97 Å². The molecule has 0 fully saturated rings. The molecule has 1 aromatic heterocycles. The zero-order valence-corrected chi connectivity index (χ0v) is 12.2. The topological polar surface area (TPSA) is 79.3 Å². The molecule has 0 aromatic carbocycles. The molecule has 1 amide bonds. The quantitative estimate of drug-likeness (QED) is 0.789. The molecule has 0 spiro atoms. The summed E-state index contributed by atoms with van der Waals surface area (Å²) in [5.74, 6) is -2.60. The molecule has 0 radical (unpaired) electrons. The fraction of sp³-hybridized carbons (Fsp3) is 0.364. The summed E-state index contributed by atoms with van der Waals surface area (Å²) in [6.07, 6.45) is 0.782. The number of aromatic nitrogens is 1. The summed E-state index contributed by atoms with van der Waals surface area (Å²) in [6, 6.07) is 0. The van der Waals surface area contributed by atoms with Crippen molar-refractivity contribution in [2.45, 2.75) is 20.8 Å². The van der Waals surface area contributed by atoms with E-state index in [1.54, 1.807) is 43.4 Å². The Morgan fingerprint density at radius 1 is 1.44 bits per heavy atom. The number of amides is 1. The van der Waals surface area contributed by atoms with E-state index in [-0.39, 0.29) is 15.3 Å². The van der Waals surface area contributed by atoms with Crippen LogP contribution in [0.25, 0.3) is 0 Å². The predicted molar refractivity (Wildman–Crippen MR) is 72.0 cm³/mol. The number of hydrogen-bond acceptors (Lipinski definition) is 3. The highest BCUT2D eigenvalue weighted by molar-refractivity contribution is 14.1. The maximum Gasteiger partial charge on any atom is 0.339 e. The summed E-state index contributed by atoms with van der Waals surface area (Å²) in [5.41, 5.74) is -1.14. The van der Waals surface area contributed by atoms with Crippen molar-refractivity contribution in [3.8, 4) is 0 Å². The Labute approximate surface area is 117 Å². The molecule has 1 rings (SSSR count). The number of nitrogens with zero attached hydrogens (tertiary/aromatic N) is 1. The van der Waals surface area contributed by atoms with E-state index in [2.05, 4.69) is 10.3 Å². The average Bonchev–Trinajstić information content (AvgIpc) is 2.20. The summed E-state index contributed by atoms with van der Waals surface area (Å²) in [6.45, 7) is 5.12. The number of pyridine rings is 1. The molecule has 7 heteroatoms. The van der Waals surface area contributed by atoms with Crippen molar-refractivity contribution in [1.29, 1.82) is 0 Å². The van der Waals surface area contributed by atoms with Gasteiger partial charge in [-0.25, -0.2) is 14.2 Å². The Bertz CT molecular complexity index is 512. The first kappa shape index (κ1) is 14.8. The van der Waals surface area contributed by atoms with Gasteiger partial charge in [-0.2, -0.15) is 0 Å². The number of rotatable bonds is 2. The fourth-order valence-corrected chi connectivity index (χ4v) is 1.81. The van der Waals surface area contributed by atoms with E-state index in [1.807, 2.05) is 0 Å². The SMILES string of the molecule is CC(C)(C)C(=O)Nc1ncc(F)c(C(=O)O)c1I. The zero-order valence-electron chi connectivity index (χ0n) is 10.0. The predicted octanol–water partition coefficient (Wildman–Crippen LogP) is 2.51. The third-order valence-electron chi connectivity index (χ3n) is 2.10. The molecule has 18 heavy (non-hydrogen) atoms. The first-order valence-electron chi connectivity index (χ1n) is 5.03. The van der Waals surface area contributed by atoms with Crippen LogP contribution in [-0.2, 0) is 4.79 Å². The minimum atomic E-state index is -1.40. The van der Waals surface area contributed by atoms with Gasteiger partial charge in [0.2, 0.25) is 5.91 Å². The summed E-state index contributed by atoms with van der Waals surface area (Å²) in [5, 5.41) is 11.4. The smallest absolute Gasteiger partial charge is 0.339 e. The lowest BCUT2D eigenvalue weighted by atomic mass is 9.96. The first-order valence-corrected chi connectivity index (χ1v) is 6.11. The summed E-state index contributed by atoms with van der Waals surface area (Å²) in [4.78, 5) is 26.3. The number of carboxylic acids is 1. The number of carboxylic acid groups (broad SMARTS) is 1. The maximum atomic E-state index is 13.3. The highest BCUT2D eigenvalue weighted by atomic mass is 127. The second-order valence-corrected chi connectivity index (χ2v) is 5.73. The van der Waals surface area contributed by atoms with Crippen LogP contribution in [0.4, 0.5) is 10.2 Å². The Morgan fingerprint density at radius 2 is 2.00 bits per heavy atom. The third kappa shape index (κ3) is 3.15. The number of halogens is 2. The highest BCUT2D eigenvalue weighted by Gasteiger charge is 2.25. The van der Waals surface area contributed by atoms with E-state index in [0.717, 1.165) is 6.20 Å². The van der Waals surface area contributed by atoms with Gasteiger partial charge in [0.25, 0.3) is 0 Å². The van der Waals surface area contributed by atoms with Gasteiger partial charge in [0.1, 0.15) is 11.4 Å². The molecule has 98 valence electrons. The lowest BCUT2D eigenvalue weighted by Crippen LogP contribution is -2.28. The normalized spacial score (nSPS) is 11.2. The molecule has 2 N–H and O–H groups in total. The molecule has 0 saturated heterocycles. The fourth-order valence-electron chi connectivity index (χ4n) is 1.04. The molecule has 5 nitrogen and oxygen atoms in total. The lowest BCUT2D eigenvalue weighted by molar-refractivity contribution is -0.123. The van der Waals surface area contributed by atoms with Crippen molar-refractivity contribution in [3.05, 3.63) is 21.1 Å². The number of carbonyl (C=O) groups is 2. The van der Waals surface area contributed by atoms with Gasteiger partial charge < -0.3 is 10.4 Å². The average molecular weight is 366 g/mol. The molecule has 0 aliphatic heterocycles. The summed E-state index contributed by atoms with van der Waals surface area (Å²) >= 11 is 1.65. The van der Waals surface area contributed by atoms with Gasteiger partial charge in [-0.05, 0) is 22.6 Å². The molecule has 0 saturated carbocycles. The van der Waals surface area contributed by atoms with E-state index in [9.17, 15) is 14.0 Å². The van der Waals surface area contributed by atoms with Crippen LogP contribution in [0.2, 0.25) is 0 Å². The number of hydrogen-bond donors (Lipinski definition) is 2. The summed E-state index contributed by atoms with van der Waals surface area (Å²) in [7, 11) is 0. The second-order valence-electron chi connectivity index (χ2n) is 4.65. The van der Waals surface area contributed by atoms with Crippen LogP contribution in [0.15, 0.2) is 6.20 Å². The molecule has 1 heterocycles.